The summed E-state index contributed by atoms with van der Waals surface area (Å²) >= 11 is 0. The molecular weight excluding hydrogens is 403 g/mol. The van der Waals surface area contributed by atoms with Gasteiger partial charge in [0.15, 0.2) is 0 Å². The molecule has 0 amide bonds. The quantitative estimate of drug-likeness (QED) is 0.140. The lowest BCUT2D eigenvalue weighted by Gasteiger charge is -2.31. The third-order valence-corrected chi connectivity index (χ3v) is 4.35. The summed E-state index contributed by atoms with van der Waals surface area (Å²) in [5, 5.41) is 29.4. The zero-order valence-corrected chi connectivity index (χ0v) is 16.8. The smallest absolute Gasteiger partial charge is 0.455 e. The summed E-state index contributed by atoms with van der Waals surface area (Å²) in [5.41, 5.74) is -1.87. The number of carbonyl (C=O) groups is 1. The fourth-order valence-corrected chi connectivity index (χ4v) is 3.01. The van der Waals surface area contributed by atoms with Crippen LogP contribution in [0, 0.1) is 0 Å². The Morgan fingerprint density at radius 2 is 2.03 bits per heavy atom. The molecule has 0 aromatic carbocycles. The summed E-state index contributed by atoms with van der Waals surface area (Å²) in [6, 6.07) is 0. The van der Waals surface area contributed by atoms with Crippen molar-refractivity contribution in [3.8, 4) is 0 Å². The predicted octanol–water partition coefficient (Wildman–Crippen LogP) is 1.06. The third kappa shape index (κ3) is 11.1. The number of hydrogen-bond acceptors (Lipinski definition) is 7. The van der Waals surface area contributed by atoms with Gasteiger partial charge in [-0.1, -0.05) is 48.6 Å². The summed E-state index contributed by atoms with van der Waals surface area (Å²) in [7, 11) is -4.96. The molecule has 0 radical (unpaired) electrons. The number of rotatable bonds is 11. The van der Waals surface area contributed by atoms with E-state index < -0.39 is 37.7 Å². The second-order valence-electron chi connectivity index (χ2n) is 6.47. The average Bonchev–Trinajstić information content (AvgIpc) is 2.61. The maximum absolute atomic E-state index is 11.3. The Balaban J connectivity index is 2.84. The van der Waals surface area contributed by atoms with Crippen LogP contribution in [0.3, 0.4) is 0 Å². The van der Waals surface area contributed by atoms with Gasteiger partial charge in [0.05, 0.1) is 12.7 Å². The summed E-state index contributed by atoms with van der Waals surface area (Å²) in [6.07, 6.45) is 11.5. The van der Waals surface area contributed by atoms with Gasteiger partial charge >= 0.3 is 13.8 Å². The van der Waals surface area contributed by atoms with Gasteiger partial charge in [-0.05, 0) is 13.0 Å². The van der Waals surface area contributed by atoms with E-state index in [4.69, 9.17) is 19.6 Å². The number of aliphatic hydroxyl groups is 3. The van der Waals surface area contributed by atoms with Crippen molar-refractivity contribution in [1.29, 1.82) is 0 Å². The van der Waals surface area contributed by atoms with Crippen LogP contribution in [0.1, 0.15) is 19.8 Å². The number of phosphoric acid groups is 1. The molecule has 0 saturated carbocycles. The molecule has 10 heteroatoms. The van der Waals surface area contributed by atoms with E-state index in [1.54, 1.807) is 24.3 Å². The van der Waals surface area contributed by atoms with Crippen molar-refractivity contribution in [3.05, 3.63) is 60.8 Å². The van der Waals surface area contributed by atoms with Gasteiger partial charge in [-0.25, -0.2) is 9.36 Å². The van der Waals surface area contributed by atoms with E-state index in [0.717, 1.165) is 0 Å². The average molecular weight is 430 g/mol. The minimum atomic E-state index is -4.96. The monoisotopic (exact) mass is 430 g/mol. The number of allylic oxidation sites excluding steroid dienone is 4. The predicted molar refractivity (Wildman–Crippen MR) is 105 cm³/mol. The van der Waals surface area contributed by atoms with Crippen molar-refractivity contribution in [3.63, 3.8) is 0 Å². The molecule has 0 aliphatic carbocycles. The molecule has 1 aliphatic heterocycles. The maximum Gasteiger partial charge on any atom is 0.469 e. The van der Waals surface area contributed by atoms with Crippen LogP contribution in [0.25, 0.3) is 0 Å². The van der Waals surface area contributed by atoms with E-state index >= 15 is 0 Å². The van der Waals surface area contributed by atoms with E-state index in [1.807, 2.05) is 0 Å². The van der Waals surface area contributed by atoms with Gasteiger partial charge < -0.3 is 29.8 Å². The van der Waals surface area contributed by atoms with Crippen LogP contribution < -0.4 is 0 Å². The third-order valence-electron chi connectivity index (χ3n) is 3.82. The summed E-state index contributed by atoms with van der Waals surface area (Å²) in [4.78, 5) is 29.6. The Morgan fingerprint density at radius 1 is 1.34 bits per heavy atom. The van der Waals surface area contributed by atoms with E-state index in [9.17, 15) is 19.6 Å². The Bertz CT molecular complexity index is 715. The molecule has 1 heterocycles. The molecule has 4 atom stereocenters. The first kappa shape index (κ1) is 25.2. The number of ether oxygens (including phenoxy) is 1. The molecule has 0 aromatic heterocycles. The van der Waals surface area contributed by atoms with Crippen molar-refractivity contribution in [2.24, 2.45) is 0 Å². The Morgan fingerprint density at radius 3 is 2.66 bits per heavy atom. The lowest BCUT2D eigenvalue weighted by molar-refractivity contribution is -0.141. The molecule has 1 rings (SSSR count). The number of phosphoric ester groups is 1. The zero-order chi connectivity index (χ0) is 21.9. The molecule has 5 N–H and O–H groups in total. The summed E-state index contributed by atoms with van der Waals surface area (Å²) in [5.74, 6) is -0.531. The topological polar surface area (TPSA) is 154 Å². The zero-order valence-electron chi connectivity index (χ0n) is 15.9. The Kier molecular flexibility index (Phi) is 10.4. The van der Waals surface area contributed by atoms with Crippen LogP contribution in [0.15, 0.2) is 60.8 Å². The van der Waals surface area contributed by atoms with Gasteiger partial charge in [0.25, 0.3) is 0 Å². The SMILES string of the molecule is CC(O)(C=CC1CC=CC(=O)O1)C(CC(O)C=CC=CC=CCO)OP(=O)(O)O. The maximum atomic E-state index is 11.3. The first-order valence-electron chi connectivity index (χ1n) is 8.85. The molecule has 9 nitrogen and oxygen atoms in total. The van der Waals surface area contributed by atoms with Crippen molar-refractivity contribution < 1.29 is 43.7 Å². The van der Waals surface area contributed by atoms with Crippen LogP contribution in [0.2, 0.25) is 0 Å². The largest absolute Gasteiger partial charge is 0.469 e. The van der Waals surface area contributed by atoms with Gasteiger partial charge in [-0.15, -0.1) is 0 Å². The first-order chi connectivity index (χ1) is 13.5. The van der Waals surface area contributed by atoms with Crippen LogP contribution in [-0.2, 0) is 18.6 Å². The molecule has 162 valence electrons. The molecule has 0 saturated heterocycles. The highest BCUT2D eigenvalue weighted by molar-refractivity contribution is 7.46. The van der Waals surface area contributed by atoms with E-state index in [-0.39, 0.29) is 13.0 Å². The lowest BCUT2D eigenvalue weighted by atomic mass is 9.93. The Hall–Kier alpha value is -1.84. The lowest BCUT2D eigenvalue weighted by Crippen LogP contribution is -2.41. The van der Waals surface area contributed by atoms with Gasteiger partial charge in [0, 0.05) is 18.9 Å². The standard InChI is InChI=1S/C19H27O9P/c1-19(23,12-11-16-9-7-10-18(22)27-16)17(28-29(24,25)26)14-15(21)8-5-3-2-4-6-13-20/h2-8,10-12,15-17,20-21,23H,9,13-14H2,1H3,(H2,24,25,26). The van der Waals surface area contributed by atoms with Crippen molar-refractivity contribution in [1.82, 2.24) is 0 Å². The van der Waals surface area contributed by atoms with Crippen LogP contribution >= 0.6 is 7.82 Å². The molecule has 1 aliphatic rings. The fourth-order valence-electron chi connectivity index (χ4n) is 2.37. The van der Waals surface area contributed by atoms with Crippen LogP contribution in [0.5, 0.6) is 0 Å². The van der Waals surface area contributed by atoms with E-state index in [0.29, 0.717) is 6.42 Å². The highest BCUT2D eigenvalue weighted by Crippen LogP contribution is 2.41. The van der Waals surface area contributed by atoms with Gasteiger partial charge in [-0.3, -0.25) is 4.52 Å². The van der Waals surface area contributed by atoms with Gasteiger partial charge in [-0.2, -0.15) is 0 Å². The molecule has 0 aromatic rings. The Labute approximate surface area is 169 Å². The molecule has 29 heavy (non-hydrogen) atoms. The van der Waals surface area contributed by atoms with E-state index in [1.165, 1.54) is 43.4 Å². The number of cyclic esters (lactones) is 1. The highest BCUT2D eigenvalue weighted by atomic mass is 31.2. The first-order valence-corrected chi connectivity index (χ1v) is 10.4. The fraction of sp³-hybridized carbons (Fsp3) is 0.421. The number of esters is 1. The molecule has 0 spiro atoms. The molecule has 0 fully saturated rings. The molecule has 0 bridgehead atoms. The van der Waals surface area contributed by atoms with Crippen LogP contribution in [-0.4, -0.2) is 61.6 Å². The molecular formula is C19H27O9P. The number of hydrogen-bond donors (Lipinski definition) is 5. The number of carbonyl (C=O) groups excluding carboxylic acids is 1. The second-order valence-corrected chi connectivity index (χ2v) is 7.66. The van der Waals surface area contributed by atoms with Crippen molar-refractivity contribution in [2.45, 2.75) is 43.7 Å². The van der Waals surface area contributed by atoms with Gasteiger partial charge in [0.2, 0.25) is 0 Å². The van der Waals surface area contributed by atoms with Crippen molar-refractivity contribution >= 4 is 13.8 Å². The highest BCUT2D eigenvalue weighted by Gasteiger charge is 2.37. The summed E-state index contributed by atoms with van der Waals surface area (Å²) < 4.78 is 21.0. The second kappa shape index (κ2) is 12.0. The summed E-state index contributed by atoms with van der Waals surface area (Å²) in [6.45, 7) is 1.16. The normalized spacial score (nSPS) is 22.6. The molecule has 4 unspecified atom stereocenters. The minimum Gasteiger partial charge on any atom is -0.455 e. The van der Waals surface area contributed by atoms with Gasteiger partial charge in [0.1, 0.15) is 17.8 Å². The van der Waals surface area contributed by atoms with Crippen LogP contribution in [0.4, 0.5) is 0 Å². The van der Waals surface area contributed by atoms with Crippen molar-refractivity contribution in [2.75, 3.05) is 6.61 Å². The minimum absolute atomic E-state index is 0.100. The number of aliphatic hydroxyl groups excluding tert-OH is 2. The van der Waals surface area contributed by atoms with E-state index in [2.05, 4.69) is 4.52 Å².